The molecular formula is C31H39N3O4S. The van der Waals surface area contributed by atoms with E-state index in [0.717, 1.165) is 28.0 Å². The van der Waals surface area contributed by atoms with Gasteiger partial charge in [-0.25, -0.2) is 8.42 Å². The Morgan fingerprint density at radius 1 is 0.923 bits per heavy atom. The molecular weight excluding hydrogens is 510 g/mol. The first-order valence-electron chi connectivity index (χ1n) is 13.5. The SMILES string of the molecule is COc1cc(C)c([C@H](C)NC(=O)c2ccc(CN3CCN(S(=O)(=O)c4ccccc4)CC3)cc2)cc1C(C)C. The predicted molar refractivity (Wildman–Crippen MR) is 155 cm³/mol. The molecule has 1 aliphatic rings. The molecule has 0 saturated carbocycles. The van der Waals surface area contributed by atoms with Crippen LogP contribution in [0.15, 0.2) is 71.6 Å². The van der Waals surface area contributed by atoms with Gasteiger partial charge in [-0.3, -0.25) is 9.69 Å². The molecule has 1 amide bonds. The van der Waals surface area contributed by atoms with Crippen molar-refractivity contribution in [1.82, 2.24) is 14.5 Å². The van der Waals surface area contributed by atoms with E-state index in [2.05, 4.69) is 30.1 Å². The maximum atomic E-state index is 13.0. The zero-order valence-corrected chi connectivity index (χ0v) is 24.3. The van der Waals surface area contributed by atoms with Crippen LogP contribution in [0.3, 0.4) is 0 Å². The number of aryl methyl sites for hydroxylation is 1. The van der Waals surface area contributed by atoms with E-state index in [9.17, 15) is 13.2 Å². The number of piperazine rings is 1. The van der Waals surface area contributed by atoms with Crippen molar-refractivity contribution in [2.24, 2.45) is 0 Å². The second-order valence-corrected chi connectivity index (χ2v) is 12.4. The Morgan fingerprint density at radius 2 is 1.56 bits per heavy atom. The molecule has 0 aliphatic carbocycles. The molecule has 39 heavy (non-hydrogen) atoms. The highest BCUT2D eigenvalue weighted by Gasteiger charge is 2.28. The molecule has 3 aromatic rings. The zero-order chi connectivity index (χ0) is 28.2. The summed E-state index contributed by atoms with van der Waals surface area (Å²) in [6, 6.07) is 20.3. The van der Waals surface area contributed by atoms with E-state index >= 15 is 0 Å². The van der Waals surface area contributed by atoms with E-state index < -0.39 is 10.0 Å². The van der Waals surface area contributed by atoms with E-state index in [1.54, 1.807) is 35.7 Å². The Hall–Kier alpha value is -3.20. The molecule has 0 bridgehead atoms. The van der Waals surface area contributed by atoms with Crippen molar-refractivity contribution < 1.29 is 17.9 Å². The van der Waals surface area contributed by atoms with Crippen molar-refractivity contribution >= 4 is 15.9 Å². The molecule has 1 heterocycles. The molecule has 1 saturated heterocycles. The predicted octanol–water partition coefficient (Wildman–Crippen LogP) is 5.12. The van der Waals surface area contributed by atoms with Gasteiger partial charge in [0.2, 0.25) is 10.0 Å². The number of hydrogen-bond donors (Lipinski definition) is 1. The summed E-state index contributed by atoms with van der Waals surface area (Å²) in [5.41, 5.74) is 4.99. The Morgan fingerprint density at radius 3 is 2.15 bits per heavy atom. The molecule has 0 spiro atoms. The third-order valence-corrected chi connectivity index (χ3v) is 9.30. The summed E-state index contributed by atoms with van der Waals surface area (Å²) >= 11 is 0. The van der Waals surface area contributed by atoms with Gasteiger partial charge in [0.05, 0.1) is 18.0 Å². The molecule has 0 aromatic heterocycles. The molecule has 1 N–H and O–H groups in total. The Labute approximate surface area is 232 Å². The quantitative estimate of drug-likeness (QED) is 0.401. The maximum Gasteiger partial charge on any atom is 0.251 e. The van der Waals surface area contributed by atoms with Crippen LogP contribution in [0.25, 0.3) is 0 Å². The normalized spacial score (nSPS) is 15.7. The number of nitrogens with zero attached hydrogens (tertiary/aromatic N) is 2. The summed E-state index contributed by atoms with van der Waals surface area (Å²) in [6.45, 7) is 11.2. The van der Waals surface area contributed by atoms with Gasteiger partial charge in [0.25, 0.3) is 5.91 Å². The lowest BCUT2D eigenvalue weighted by Gasteiger charge is -2.34. The van der Waals surface area contributed by atoms with Crippen molar-refractivity contribution in [3.63, 3.8) is 0 Å². The summed E-state index contributed by atoms with van der Waals surface area (Å²) in [7, 11) is -1.77. The summed E-state index contributed by atoms with van der Waals surface area (Å²) < 4.78 is 32.9. The van der Waals surface area contributed by atoms with E-state index in [1.165, 1.54) is 0 Å². The highest BCUT2D eigenvalue weighted by Crippen LogP contribution is 2.32. The summed E-state index contributed by atoms with van der Waals surface area (Å²) in [5.74, 6) is 1.07. The second-order valence-electron chi connectivity index (χ2n) is 10.5. The number of carbonyl (C=O) groups is 1. The summed E-state index contributed by atoms with van der Waals surface area (Å²) in [6.07, 6.45) is 0. The molecule has 0 radical (unpaired) electrons. The summed E-state index contributed by atoms with van der Waals surface area (Å²) in [4.78, 5) is 15.6. The van der Waals surface area contributed by atoms with Gasteiger partial charge < -0.3 is 10.1 Å². The van der Waals surface area contributed by atoms with E-state index in [0.29, 0.717) is 49.1 Å². The van der Waals surface area contributed by atoms with Crippen LogP contribution in [0.4, 0.5) is 0 Å². The summed E-state index contributed by atoms with van der Waals surface area (Å²) in [5, 5.41) is 3.14. The van der Waals surface area contributed by atoms with Gasteiger partial charge in [0, 0.05) is 38.3 Å². The number of rotatable bonds is 9. The molecule has 1 aliphatic heterocycles. The molecule has 1 atom stereocenters. The largest absolute Gasteiger partial charge is 0.496 e. The molecule has 208 valence electrons. The smallest absolute Gasteiger partial charge is 0.251 e. The lowest BCUT2D eigenvalue weighted by atomic mass is 9.93. The minimum absolute atomic E-state index is 0.116. The molecule has 1 fully saturated rings. The molecule has 0 unspecified atom stereocenters. The van der Waals surface area contributed by atoms with Crippen molar-refractivity contribution in [1.29, 1.82) is 0 Å². The highest BCUT2D eigenvalue weighted by atomic mass is 32.2. The van der Waals surface area contributed by atoms with Crippen LogP contribution in [0.1, 0.15) is 65.3 Å². The van der Waals surface area contributed by atoms with Gasteiger partial charge in [-0.05, 0) is 78.4 Å². The standard InChI is InChI=1S/C31H39N3O4S/c1-22(2)28-20-29(23(3)19-30(28)38-5)24(4)32-31(35)26-13-11-25(12-14-26)21-33-15-17-34(18-16-33)39(36,37)27-9-7-6-8-10-27/h6-14,19-20,22,24H,15-18,21H2,1-5H3,(H,32,35)/t24-/m0/s1. The van der Waals surface area contributed by atoms with Crippen LogP contribution in [0, 0.1) is 6.92 Å². The fraction of sp³-hybridized carbons (Fsp3) is 0.387. The van der Waals surface area contributed by atoms with Crippen molar-refractivity contribution in [2.75, 3.05) is 33.3 Å². The third kappa shape index (κ3) is 6.69. The second kappa shape index (κ2) is 12.3. The van der Waals surface area contributed by atoms with Crippen LogP contribution in [-0.4, -0.2) is 56.8 Å². The minimum atomic E-state index is -3.46. The van der Waals surface area contributed by atoms with Crippen LogP contribution < -0.4 is 10.1 Å². The van der Waals surface area contributed by atoms with Gasteiger partial charge >= 0.3 is 0 Å². The average molecular weight is 550 g/mol. The topological polar surface area (TPSA) is 79.0 Å². The van der Waals surface area contributed by atoms with Crippen molar-refractivity contribution in [2.45, 2.75) is 51.1 Å². The first kappa shape index (κ1) is 28.8. The van der Waals surface area contributed by atoms with Gasteiger partial charge in [0.15, 0.2) is 0 Å². The lowest BCUT2D eigenvalue weighted by Crippen LogP contribution is -2.48. The molecule has 7 nitrogen and oxygen atoms in total. The first-order valence-corrected chi connectivity index (χ1v) is 14.9. The molecule has 3 aromatic carbocycles. The fourth-order valence-electron chi connectivity index (χ4n) is 5.06. The van der Waals surface area contributed by atoms with Crippen LogP contribution in [-0.2, 0) is 16.6 Å². The fourth-order valence-corrected chi connectivity index (χ4v) is 6.50. The number of sulfonamides is 1. The van der Waals surface area contributed by atoms with Gasteiger partial charge in [0.1, 0.15) is 5.75 Å². The van der Waals surface area contributed by atoms with E-state index in [-0.39, 0.29) is 11.9 Å². The van der Waals surface area contributed by atoms with Gasteiger partial charge in [-0.15, -0.1) is 0 Å². The molecule has 8 heteroatoms. The number of ether oxygens (including phenoxy) is 1. The van der Waals surface area contributed by atoms with Crippen LogP contribution in [0.2, 0.25) is 0 Å². The number of benzene rings is 3. The third-order valence-electron chi connectivity index (χ3n) is 7.39. The van der Waals surface area contributed by atoms with Gasteiger partial charge in [-0.1, -0.05) is 44.2 Å². The van der Waals surface area contributed by atoms with Crippen LogP contribution >= 0.6 is 0 Å². The number of carbonyl (C=O) groups excluding carboxylic acids is 1. The monoisotopic (exact) mass is 549 g/mol. The average Bonchev–Trinajstić information content (AvgIpc) is 2.93. The van der Waals surface area contributed by atoms with E-state index in [4.69, 9.17) is 4.74 Å². The van der Waals surface area contributed by atoms with Crippen LogP contribution in [0.5, 0.6) is 5.75 Å². The van der Waals surface area contributed by atoms with E-state index in [1.807, 2.05) is 50.2 Å². The van der Waals surface area contributed by atoms with Crippen molar-refractivity contribution in [3.8, 4) is 5.75 Å². The number of methoxy groups -OCH3 is 1. The lowest BCUT2D eigenvalue weighted by molar-refractivity contribution is 0.0939. The van der Waals surface area contributed by atoms with Crippen molar-refractivity contribution in [3.05, 3.63) is 94.5 Å². The Balaban J connectivity index is 1.33. The number of hydrogen-bond acceptors (Lipinski definition) is 5. The Bertz CT molecular complexity index is 1380. The Kier molecular flexibility index (Phi) is 9.10. The maximum absolute atomic E-state index is 13.0. The molecule has 4 rings (SSSR count). The number of nitrogens with one attached hydrogen (secondary N) is 1. The minimum Gasteiger partial charge on any atom is -0.496 e. The zero-order valence-electron chi connectivity index (χ0n) is 23.5. The first-order chi connectivity index (χ1) is 18.6. The highest BCUT2D eigenvalue weighted by molar-refractivity contribution is 7.89. The van der Waals surface area contributed by atoms with Gasteiger partial charge in [-0.2, -0.15) is 4.31 Å². The number of amides is 1.